The van der Waals surface area contributed by atoms with Crippen LogP contribution in [-0.2, 0) is 20.7 Å². The normalized spacial score (nSPS) is 11.5. The Morgan fingerprint density at radius 3 is 2.50 bits per heavy atom. The molecule has 0 fully saturated rings. The summed E-state index contributed by atoms with van der Waals surface area (Å²) in [5.41, 5.74) is 5.99. The van der Waals surface area contributed by atoms with E-state index in [0.29, 0.717) is 17.7 Å². The predicted molar refractivity (Wildman–Crippen MR) is 91.8 cm³/mol. The Morgan fingerprint density at radius 2 is 1.92 bits per heavy atom. The minimum absolute atomic E-state index is 0.228. The highest BCUT2D eigenvalue weighted by molar-refractivity contribution is 7.09. The van der Waals surface area contributed by atoms with E-state index in [9.17, 15) is 14.4 Å². The fourth-order valence-electron chi connectivity index (χ4n) is 1.95. The molecule has 0 aliphatic heterocycles. The van der Waals surface area contributed by atoms with Crippen LogP contribution in [0, 0.1) is 0 Å². The molecule has 2 aromatic rings. The summed E-state index contributed by atoms with van der Waals surface area (Å²) in [5, 5.41) is 4.56. The first-order chi connectivity index (χ1) is 11.5. The first kappa shape index (κ1) is 17.7. The molecule has 7 heteroatoms. The monoisotopic (exact) mass is 346 g/mol. The molecule has 0 spiro atoms. The van der Waals surface area contributed by atoms with Crippen LogP contribution >= 0.6 is 11.3 Å². The zero-order valence-electron chi connectivity index (χ0n) is 13.2. The number of hydrogen-bond acceptors (Lipinski definition) is 5. The van der Waals surface area contributed by atoms with Crippen LogP contribution in [0.1, 0.15) is 28.6 Å². The Morgan fingerprint density at radius 1 is 1.21 bits per heavy atom. The Bertz CT molecular complexity index is 711. The minimum atomic E-state index is -0.906. The quantitative estimate of drug-likeness (QED) is 0.752. The maximum absolute atomic E-state index is 12.0. The lowest BCUT2D eigenvalue weighted by atomic mass is 10.2. The van der Waals surface area contributed by atoms with E-state index in [0.717, 1.165) is 4.88 Å². The van der Waals surface area contributed by atoms with Crippen molar-refractivity contribution in [1.29, 1.82) is 0 Å². The number of amides is 2. The number of rotatable bonds is 7. The van der Waals surface area contributed by atoms with Crippen molar-refractivity contribution in [3.05, 3.63) is 52.2 Å². The van der Waals surface area contributed by atoms with Crippen LogP contribution in [0.3, 0.4) is 0 Å². The molecule has 1 heterocycles. The molecular weight excluding hydrogens is 328 g/mol. The van der Waals surface area contributed by atoms with Crippen molar-refractivity contribution in [2.45, 2.75) is 25.9 Å². The zero-order chi connectivity index (χ0) is 17.5. The number of hydrogen-bond donors (Lipinski definition) is 2. The van der Waals surface area contributed by atoms with E-state index in [4.69, 9.17) is 10.5 Å². The highest BCUT2D eigenvalue weighted by Gasteiger charge is 2.18. The van der Waals surface area contributed by atoms with Gasteiger partial charge in [-0.1, -0.05) is 6.07 Å². The molecule has 0 saturated heterocycles. The first-order valence-corrected chi connectivity index (χ1v) is 8.26. The van der Waals surface area contributed by atoms with Crippen LogP contribution in [0.4, 0.5) is 5.69 Å². The third-order valence-electron chi connectivity index (χ3n) is 3.27. The summed E-state index contributed by atoms with van der Waals surface area (Å²) in [4.78, 5) is 35.9. The summed E-state index contributed by atoms with van der Waals surface area (Å²) in [7, 11) is 0. The molecule has 0 aliphatic rings. The van der Waals surface area contributed by atoms with Gasteiger partial charge in [0.15, 0.2) is 6.10 Å². The molecule has 1 atom stereocenters. The number of anilines is 1. The topological polar surface area (TPSA) is 98.5 Å². The number of nitrogens with two attached hydrogens (primary N) is 1. The standard InChI is InChI=1S/C17H18N2O4S/c1-11(23-15(20)9-8-14-3-2-10-24-14)17(22)19-13-6-4-12(5-7-13)16(18)21/h2-7,10-11H,8-9H2,1H3,(H2,18,21)(H,19,22)/t11-/m1/s1. The number of nitrogens with one attached hydrogen (secondary N) is 1. The molecule has 0 bridgehead atoms. The van der Waals surface area contributed by atoms with Crippen LogP contribution in [0.25, 0.3) is 0 Å². The fourth-order valence-corrected chi connectivity index (χ4v) is 2.66. The van der Waals surface area contributed by atoms with E-state index in [2.05, 4.69) is 5.32 Å². The third-order valence-corrected chi connectivity index (χ3v) is 4.21. The lowest BCUT2D eigenvalue weighted by molar-refractivity contribution is -0.153. The average Bonchev–Trinajstić information content (AvgIpc) is 3.06. The lowest BCUT2D eigenvalue weighted by Gasteiger charge is -2.13. The molecule has 24 heavy (non-hydrogen) atoms. The summed E-state index contributed by atoms with van der Waals surface area (Å²) in [6.07, 6.45) is -0.0816. The van der Waals surface area contributed by atoms with Gasteiger partial charge in [0, 0.05) is 16.1 Å². The summed E-state index contributed by atoms with van der Waals surface area (Å²) in [5.74, 6) is -1.40. The van der Waals surface area contributed by atoms with E-state index >= 15 is 0 Å². The molecule has 0 radical (unpaired) electrons. The van der Waals surface area contributed by atoms with Crippen molar-refractivity contribution >= 4 is 34.8 Å². The second-order valence-electron chi connectivity index (χ2n) is 5.14. The average molecular weight is 346 g/mol. The van der Waals surface area contributed by atoms with Gasteiger partial charge in [0.25, 0.3) is 5.91 Å². The molecule has 2 rings (SSSR count). The highest BCUT2D eigenvalue weighted by atomic mass is 32.1. The summed E-state index contributed by atoms with van der Waals surface area (Å²) >= 11 is 1.58. The number of carbonyl (C=O) groups excluding carboxylic acids is 3. The Labute approximate surface area is 143 Å². The number of aryl methyl sites for hydroxylation is 1. The van der Waals surface area contributed by atoms with Crippen molar-refractivity contribution in [3.63, 3.8) is 0 Å². The summed E-state index contributed by atoms with van der Waals surface area (Å²) in [6, 6.07) is 10.0. The molecule has 0 aliphatic carbocycles. The maximum atomic E-state index is 12.0. The van der Waals surface area contributed by atoms with E-state index in [1.807, 2.05) is 17.5 Å². The van der Waals surface area contributed by atoms with Gasteiger partial charge in [0.05, 0.1) is 6.42 Å². The third kappa shape index (κ3) is 5.20. The molecule has 1 aromatic carbocycles. The van der Waals surface area contributed by atoms with E-state index in [-0.39, 0.29) is 6.42 Å². The maximum Gasteiger partial charge on any atom is 0.306 e. The molecular formula is C17H18N2O4S. The van der Waals surface area contributed by atoms with Crippen molar-refractivity contribution in [1.82, 2.24) is 0 Å². The Balaban J connectivity index is 1.80. The molecule has 6 nitrogen and oxygen atoms in total. The van der Waals surface area contributed by atoms with Gasteiger partial charge in [0.2, 0.25) is 5.91 Å². The molecule has 1 aromatic heterocycles. The molecule has 0 saturated carbocycles. The van der Waals surface area contributed by atoms with E-state index in [1.165, 1.54) is 19.1 Å². The van der Waals surface area contributed by atoms with E-state index in [1.54, 1.807) is 23.5 Å². The molecule has 126 valence electrons. The van der Waals surface area contributed by atoms with Gasteiger partial charge in [-0.15, -0.1) is 11.3 Å². The van der Waals surface area contributed by atoms with Crippen LogP contribution < -0.4 is 11.1 Å². The van der Waals surface area contributed by atoms with Gasteiger partial charge in [-0.2, -0.15) is 0 Å². The van der Waals surface area contributed by atoms with Crippen LogP contribution in [-0.4, -0.2) is 23.9 Å². The summed E-state index contributed by atoms with van der Waals surface area (Å²) in [6.45, 7) is 1.51. The molecule has 3 N–H and O–H groups in total. The van der Waals surface area contributed by atoms with Crippen molar-refractivity contribution < 1.29 is 19.1 Å². The highest BCUT2D eigenvalue weighted by Crippen LogP contribution is 2.13. The lowest BCUT2D eigenvalue weighted by Crippen LogP contribution is -2.30. The van der Waals surface area contributed by atoms with E-state index < -0.39 is 23.9 Å². The minimum Gasteiger partial charge on any atom is -0.453 e. The number of carbonyl (C=O) groups is 3. The van der Waals surface area contributed by atoms with Gasteiger partial charge >= 0.3 is 5.97 Å². The second-order valence-corrected chi connectivity index (χ2v) is 6.17. The van der Waals surface area contributed by atoms with Gasteiger partial charge in [-0.3, -0.25) is 14.4 Å². The van der Waals surface area contributed by atoms with Crippen LogP contribution in [0.15, 0.2) is 41.8 Å². The number of benzene rings is 1. The van der Waals surface area contributed by atoms with Crippen molar-refractivity contribution in [2.75, 3.05) is 5.32 Å². The number of thiophene rings is 1. The Hall–Kier alpha value is -2.67. The van der Waals surface area contributed by atoms with Gasteiger partial charge < -0.3 is 15.8 Å². The van der Waals surface area contributed by atoms with Gasteiger partial charge in [-0.25, -0.2) is 0 Å². The number of esters is 1. The Kier molecular flexibility index (Phi) is 6.08. The molecule has 0 unspecified atom stereocenters. The zero-order valence-corrected chi connectivity index (χ0v) is 14.0. The van der Waals surface area contributed by atoms with Gasteiger partial charge in [0.1, 0.15) is 0 Å². The second kappa shape index (κ2) is 8.26. The number of ether oxygens (including phenoxy) is 1. The molecule has 2 amide bonds. The predicted octanol–water partition coefficient (Wildman–Crippen LogP) is 2.35. The van der Waals surface area contributed by atoms with Crippen molar-refractivity contribution in [3.8, 4) is 0 Å². The largest absolute Gasteiger partial charge is 0.453 e. The van der Waals surface area contributed by atoms with Crippen molar-refractivity contribution in [2.24, 2.45) is 5.73 Å². The van der Waals surface area contributed by atoms with Gasteiger partial charge in [-0.05, 0) is 49.1 Å². The van der Waals surface area contributed by atoms with Crippen LogP contribution in [0.5, 0.6) is 0 Å². The SMILES string of the molecule is C[C@@H](OC(=O)CCc1cccs1)C(=O)Nc1ccc(C(N)=O)cc1. The fraction of sp³-hybridized carbons (Fsp3) is 0.235. The number of primary amides is 1. The first-order valence-electron chi connectivity index (χ1n) is 7.38. The smallest absolute Gasteiger partial charge is 0.306 e. The summed E-state index contributed by atoms with van der Waals surface area (Å²) < 4.78 is 5.12. The van der Waals surface area contributed by atoms with Crippen LogP contribution in [0.2, 0.25) is 0 Å².